The van der Waals surface area contributed by atoms with Gasteiger partial charge in [0.05, 0.1) is 99.2 Å². The molecular weight excluding hydrogens is 531 g/mol. The average molecular weight is 562 g/mol. The molecule has 218 valence electrons. The van der Waals surface area contributed by atoms with Gasteiger partial charge in [0.15, 0.2) is 0 Å². The van der Waals surface area contributed by atoms with E-state index >= 15 is 0 Å². The van der Waals surface area contributed by atoms with Crippen molar-refractivity contribution in [1.29, 1.82) is 0 Å². The first-order valence-electron chi connectivity index (χ1n) is 11.5. The maximum absolute atomic E-state index is 13.5. The fourth-order valence-electron chi connectivity index (χ4n) is 2.45. The van der Waals surface area contributed by atoms with Crippen LogP contribution >= 0.6 is 0 Å². The number of hydrogen-bond acceptors (Lipinski definition) is 10. The summed E-state index contributed by atoms with van der Waals surface area (Å²) in [6, 6.07) is 0. The fourth-order valence-corrected chi connectivity index (χ4v) is 2.45. The van der Waals surface area contributed by atoms with Crippen molar-refractivity contribution < 1.29 is 69.4 Å². The molecule has 0 aliphatic rings. The van der Waals surface area contributed by atoms with Crippen molar-refractivity contribution in [1.82, 2.24) is 0 Å². The molecule has 0 radical (unpaired) electrons. The minimum atomic E-state index is -2.35. The van der Waals surface area contributed by atoms with Crippen LogP contribution in [0.1, 0.15) is 12.8 Å². The Morgan fingerprint density at radius 1 is 0.474 bits per heavy atom. The third-order valence-corrected chi connectivity index (χ3v) is 4.37. The lowest BCUT2D eigenvalue weighted by Gasteiger charge is -2.09. The van der Waals surface area contributed by atoms with Crippen molar-refractivity contribution in [2.45, 2.75) is 12.8 Å². The first-order valence-corrected chi connectivity index (χ1v) is 11.5. The van der Waals surface area contributed by atoms with Crippen LogP contribution in [0.3, 0.4) is 0 Å². The molecule has 0 N–H and O–H groups in total. The minimum Gasteiger partial charge on any atom is -0.469 e. The number of benzene rings is 1. The summed E-state index contributed by atoms with van der Waals surface area (Å²) >= 11 is 0. The van der Waals surface area contributed by atoms with Crippen LogP contribution in [0.5, 0.6) is 5.75 Å². The van der Waals surface area contributed by atoms with Gasteiger partial charge < -0.3 is 37.9 Å². The van der Waals surface area contributed by atoms with E-state index < -0.39 is 47.2 Å². The summed E-state index contributed by atoms with van der Waals surface area (Å²) in [6.07, 6.45) is -0.292. The predicted molar refractivity (Wildman–Crippen MR) is 118 cm³/mol. The van der Waals surface area contributed by atoms with Gasteiger partial charge in [-0.1, -0.05) is 0 Å². The van der Waals surface area contributed by atoms with E-state index in [-0.39, 0.29) is 45.4 Å². The van der Waals surface area contributed by atoms with Gasteiger partial charge in [-0.3, -0.25) is 9.59 Å². The Bertz CT molecular complexity index is 814. The molecular formula is C23H31F5O10. The zero-order chi connectivity index (χ0) is 28.2. The van der Waals surface area contributed by atoms with Crippen LogP contribution in [-0.4, -0.2) is 98.3 Å². The topological polar surface area (TPSA) is 108 Å². The van der Waals surface area contributed by atoms with Crippen molar-refractivity contribution in [2.24, 2.45) is 0 Å². The summed E-state index contributed by atoms with van der Waals surface area (Å²) in [7, 11) is 1.31. The fraction of sp³-hybridized carbons (Fsp3) is 0.652. The monoisotopic (exact) mass is 562 g/mol. The number of methoxy groups -OCH3 is 1. The molecule has 0 saturated carbocycles. The van der Waals surface area contributed by atoms with Gasteiger partial charge in [-0.15, -0.1) is 0 Å². The molecule has 0 saturated heterocycles. The summed E-state index contributed by atoms with van der Waals surface area (Å²) in [5.74, 6) is -14.5. The normalized spacial score (nSPS) is 11.1. The third kappa shape index (κ3) is 13.9. The second-order valence-corrected chi connectivity index (χ2v) is 7.12. The highest BCUT2D eigenvalue weighted by molar-refractivity contribution is 5.72. The maximum atomic E-state index is 13.5. The van der Waals surface area contributed by atoms with Crippen LogP contribution in [0.2, 0.25) is 0 Å². The van der Waals surface area contributed by atoms with Crippen LogP contribution < -0.4 is 4.74 Å². The van der Waals surface area contributed by atoms with E-state index in [1.54, 1.807) is 0 Å². The van der Waals surface area contributed by atoms with E-state index in [9.17, 15) is 31.5 Å². The standard InChI is InChI=1S/C23H31F5O10/c1-31-16(29)2-4-32-6-8-34-10-12-36-14-15-37-13-11-35-9-7-33-5-3-17(30)38-23-21(27)19(25)18(24)20(26)22(23)28/h2-15H2,1H3. The molecule has 0 spiro atoms. The number of rotatable bonds is 22. The second kappa shape index (κ2) is 20.5. The molecule has 0 bridgehead atoms. The average Bonchev–Trinajstić information content (AvgIpc) is 2.91. The van der Waals surface area contributed by atoms with Crippen molar-refractivity contribution in [3.05, 3.63) is 29.1 Å². The molecule has 38 heavy (non-hydrogen) atoms. The molecule has 0 aliphatic heterocycles. The SMILES string of the molecule is COC(=O)CCOCCOCCOCCOCCOCCOCCC(=O)Oc1c(F)c(F)c(F)c(F)c1F. The van der Waals surface area contributed by atoms with Crippen LogP contribution in [0, 0.1) is 29.1 Å². The van der Waals surface area contributed by atoms with Crippen molar-refractivity contribution in [3.63, 3.8) is 0 Å². The van der Waals surface area contributed by atoms with E-state index in [4.69, 9.17) is 28.4 Å². The summed E-state index contributed by atoms with van der Waals surface area (Å²) in [6.45, 7) is 3.09. The van der Waals surface area contributed by atoms with Gasteiger partial charge in [0.1, 0.15) is 0 Å². The Hall–Kier alpha value is -2.43. The number of carbonyl (C=O) groups is 2. The number of esters is 2. The maximum Gasteiger partial charge on any atom is 0.313 e. The van der Waals surface area contributed by atoms with Gasteiger partial charge in [0.2, 0.25) is 34.8 Å². The molecule has 0 aliphatic carbocycles. The number of halogens is 5. The summed E-state index contributed by atoms with van der Waals surface area (Å²) in [5.41, 5.74) is 0. The molecule has 1 rings (SSSR count). The van der Waals surface area contributed by atoms with Gasteiger partial charge in [0, 0.05) is 0 Å². The molecule has 15 heteroatoms. The van der Waals surface area contributed by atoms with Gasteiger partial charge in [-0.2, -0.15) is 8.78 Å². The van der Waals surface area contributed by atoms with E-state index in [1.807, 2.05) is 0 Å². The van der Waals surface area contributed by atoms with E-state index in [2.05, 4.69) is 9.47 Å². The molecule has 0 amide bonds. The lowest BCUT2D eigenvalue weighted by molar-refractivity contribution is -0.142. The quantitative estimate of drug-likeness (QED) is 0.0522. The van der Waals surface area contributed by atoms with Crippen LogP contribution in [0.25, 0.3) is 0 Å². The smallest absolute Gasteiger partial charge is 0.313 e. The Morgan fingerprint density at radius 2 is 0.763 bits per heavy atom. The largest absolute Gasteiger partial charge is 0.469 e. The van der Waals surface area contributed by atoms with E-state index in [1.165, 1.54) is 7.11 Å². The van der Waals surface area contributed by atoms with Gasteiger partial charge in [-0.05, 0) is 0 Å². The predicted octanol–water partition coefficient (Wildman–Crippen LogP) is 2.34. The van der Waals surface area contributed by atoms with Crippen LogP contribution in [0.15, 0.2) is 0 Å². The molecule has 0 heterocycles. The lowest BCUT2D eigenvalue weighted by atomic mass is 10.2. The molecule has 0 aromatic heterocycles. The Kier molecular flexibility index (Phi) is 18.1. The molecule has 0 unspecified atom stereocenters. The Morgan fingerprint density at radius 3 is 1.11 bits per heavy atom. The Labute approximate surface area is 216 Å². The highest BCUT2D eigenvalue weighted by Crippen LogP contribution is 2.29. The molecule has 0 atom stereocenters. The minimum absolute atomic E-state index is 0.0786. The highest BCUT2D eigenvalue weighted by atomic mass is 19.2. The van der Waals surface area contributed by atoms with Gasteiger partial charge in [-0.25, -0.2) is 13.2 Å². The third-order valence-electron chi connectivity index (χ3n) is 4.37. The van der Waals surface area contributed by atoms with Crippen LogP contribution in [0.4, 0.5) is 22.0 Å². The van der Waals surface area contributed by atoms with Crippen molar-refractivity contribution in [2.75, 3.05) is 86.4 Å². The summed E-state index contributed by atoms with van der Waals surface area (Å²) in [4.78, 5) is 22.4. The number of carbonyl (C=O) groups excluding carboxylic acids is 2. The zero-order valence-electron chi connectivity index (χ0n) is 20.9. The van der Waals surface area contributed by atoms with E-state index in [0.717, 1.165) is 0 Å². The van der Waals surface area contributed by atoms with Gasteiger partial charge >= 0.3 is 11.9 Å². The Balaban J connectivity index is 1.89. The van der Waals surface area contributed by atoms with Gasteiger partial charge in [0.25, 0.3) is 0 Å². The molecule has 10 nitrogen and oxygen atoms in total. The first-order chi connectivity index (χ1) is 18.3. The lowest BCUT2D eigenvalue weighted by Crippen LogP contribution is -2.16. The van der Waals surface area contributed by atoms with Crippen molar-refractivity contribution >= 4 is 11.9 Å². The van der Waals surface area contributed by atoms with Crippen molar-refractivity contribution in [3.8, 4) is 5.75 Å². The van der Waals surface area contributed by atoms with E-state index in [0.29, 0.717) is 46.2 Å². The highest BCUT2D eigenvalue weighted by Gasteiger charge is 2.28. The second-order valence-electron chi connectivity index (χ2n) is 7.12. The summed E-state index contributed by atoms with van der Waals surface area (Å²) < 4.78 is 106. The number of ether oxygens (including phenoxy) is 8. The first kappa shape index (κ1) is 33.6. The molecule has 1 aromatic carbocycles. The molecule has 0 fully saturated rings. The molecule has 1 aromatic rings. The van der Waals surface area contributed by atoms with Crippen LogP contribution in [-0.2, 0) is 42.7 Å². The number of hydrogen-bond donors (Lipinski definition) is 0. The zero-order valence-corrected chi connectivity index (χ0v) is 20.9. The summed E-state index contributed by atoms with van der Waals surface area (Å²) in [5, 5.41) is 0.